The lowest BCUT2D eigenvalue weighted by molar-refractivity contribution is -0.151. The summed E-state index contributed by atoms with van der Waals surface area (Å²) in [5.74, 6) is -2.21. The average molecular weight is 535 g/mol. The molecular formula is C33H34N4O3. The summed E-state index contributed by atoms with van der Waals surface area (Å²) in [4.78, 5) is 28.8. The van der Waals surface area contributed by atoms with Crippen LogP contribution in [0.15, 0.2) is 115 Å². The van der Waals surface area contributed by atoms with E-state index in [-0.39, 0.29) is 24.8 Å². The second-order valence-corrected chi connectivity index (χ2v) is 9.58. The number of guanidine groups is 1. The van der Waals surface area contributed by atoms with Crippen LogP contribution in [0.1, 0.15) is 35.4 Å². The normalized spacial score (nSPS) is 11.5. The second kappa shape index (κ2) is 13.8. The Labute approximate surface area is 234 Å². The fourth-order valence-electron chi connectivity index (χ4n) is 4.95. The molecule has 0 aliphatic carbocycles. The van der Waals surface area contributed by atoms with E-state index in [1.807, 2.05) is 115 Å². The van der Waals surface area contributed by atoms with E-state index in [4.69, 9.17) is 11.1 Å². The van der Waals surface area contributed by atoms with Crippen molar-refractivity contribution in [2.45, 2.75) is 31.3 Å². The fraction of sp³-hybridized carbons (Fsp3) is 0.182. The van der Waals surface area contributed by atoms with Crippen LogP contribution in [-0.4, -0.2) is 40.4 Å². The Morgan fingerprint density at radius 2 is 1.32 bits per heavy atom. The third-order valence-electron chi connectivity index (χ3n) is 6.87. The van der Waals surface area contributed by atoms with Gasteiger partial charge in [0.2, 0.25) is 5.91 Å². The highest BCUT2D eigenvalue weighted by Gasteiger charge is 2.35. The fourth-order valence-corrected chi connectivity index (χ4v) is 4.95. The first-order valence-corrected chi connectivity index (χ1v) is 13.3. The molecule has 7 heteroatoms. The van der Waals surface area contributed by atoms with Gasteiger partial charge in [-0.05, 0) is 40.7 Å². The Balaban J connectivity index is 1.78. The largest absolute Gasteiger partial charge is 0.480 e. The van der Waals surface area contributed by atoms with Gasteiger partial charge in [-0.1, -0.05) is 115 Å². The molecule has 1 atom stereocenters. The number of hydrogen-bond acceptors (Lipinski definition) is 3. The summed E-state index contributed by atoms with van der Waals surface area (Å²) in [6.45, 7) is 0.458. The molecule has 0 saturated heterocycles. The first kappa shape index (κ1) is 28.1. The number of carboxylic acids is 1. The Morgan fingerprint density at radius 1 is 0.800 bits per heavy atom. The van der Waals surface area contributed by atoms with Gasteiger partial charge in [0.15, 0.2) is 5.96 Å². The molecule has 0 spiro atoms. The van der Waals surface area contributed by atoms with Crippen LogP contribution >= 0.6 is 0 Å². The quantitative estimate of drug-likeness (QED) is 0.113. The van der Waals surface area contributed by atoms with Crippen LogP contribution in [0.3, 0.4) is 0 Å². The number of carbonyl (C=O) groups excluding carboxylic acids is 1. The van der Waals surface area contributed by atoms with Crippen LogP contribution in [-0.2, 0) is 16.1 Å². The van der Waals surface area contributed by atoms with Crippen molar-refractivity contribution in [2.24, 2.45) is 5.73 Å². The third kappa shape index (κ3) is 7.14. The van der Waals surface area contributed by atoms with Crippen molar-refractivity contribution >= 4 is 17.8 Å². The van der Waals surface area contributed by atoms with Crippen LogP contribution in [0.4, 0.5) is 0 Å². The van der Waals surface area contributed by atoms with Crippen LogP contribution in [0.25, 0.3) is 11.1 Å². The van der Waals surface area contributed by atoms with E-state index in [1.54, 1.807) is 0 Å². The number of nitrogens with one attached hydrogen (secondary N) is 2. The molecule has 4 aromatic carbocycles. The number of nitrogens with two attached hydrogens (primary N) is 1. The SMILES string of the molecule is N=C(N)NCCCC(C(=O)O)N(Cc1ccccc1-c1ccccc1)C(=O)C(c1ccccc1)c1ccccc1. The van der Waals surface area contributed by atoms with E-state index in [1.165, 1.54) is 4.90 Å². The van der Waals surface area contributed by atoms with Gasteiger partial charge in [0, 0.05) is 13.1 Å². The molecule has 0 aliphatic heterocycles. The van der Waals surface area contributed by atoms with E-state index >= 15 is 0 Å². The number of rotatable bonds is 12. The lowest BCUT2D eigenvalue weighted by Crippen LogP contribution is -2.47. The molecule has 204 valence electrons. The smallest absolute Gasteiger partial charge is 0.326 e. The molecule has 40 heavy (non-hydrogen) atoms. The van der Waals surface area contributed by atoms with Crippen molar-refractivity contribution in [2.75, 3.05) is 6.54 Å². The molecule has 4 rings (SSSR count). The summed E-state index contributed by atoms with van der Waals surface area (Å²) in [5.41, 5.74) is 9.79. The molecule has 1 amide bonds. The number of nitrogens with zero attached hydrogens (tertiary/aromatic N) is 1. The van der Waals surface area contributed by atoms with Gasteiger partial charge in [0.25, 0.3) is 0 Å². The summed E-state index contributed by atoms with van der Waals surface area (Å²) < 4.78 is 0. The van der Waals surface area contributed by atoms with E-state index in [0.29, 0.717) is 13.0 Å². The molecule has 0 bridgehead atoms. The van der Waals surface area contributed by atoms with Gasteiger partial charge in [-0.2, -0.15) is 0 Å². The molecule has 7 nitrogen and oxygen atoms in total. The van der Waals surface area contributed by atoms with Gasteiger partial charge in [0.05, 0.1) is 5.92 Å². The zero-order valence-electron chi connectivity index (χ0n) is 22.2. The average Bonchev–Trinajstić information content (AvgIpc) is 2.98. The Morgan fingerprint density at radius 3 is 1.88 bits per heavy atom. The zero-order chi connectivity index (χ0) is 28.3. The number of carbonyl (C=O) groups is 2. The molecule has 0 aliphatic rings. The van der Waals surface area contributed by atoms with Crippen LogP contribution in [0.5, 0.6) is 0 Å². The topological polar surface area (TPSA) is 120 Å². The van der Waals surface area contributed by atoms with Gasteiger partial charge in [-0.3, -0.25) is 10.2 Å². The maximum absolute atomic E-state index is 14.6. The summed E-state index contributed by atoms with van der Waals surface area (Å²) in [6.07, 6.45) is 0.618. The van der Waals surface area contributed by atoms with Crippen molar-refractivity contribution in [3.05, 3.63) is 132 Å². The minimum atomic E-state index is -1.08. The number of amides is 1. The highest BCUT2D eigenvalue weighted by Crippen LogP contribution is 2.31. The summed E-state index contributed by atoms with van der Waals surface area (Å²) in [5, 5.41) is 20.5. The Kier molecular flexibility index (Phi) is 9.67. The predicted molar refractivity (Wildman–Crippen MR) is 158 cm³/mol. The van der Waals surface area contributed by atoms with Crippen molar-refractivity contribution in [3.8, 4) is 11.1 Å². The molecule has 0 aromatic heterocycles. The molecule has 0 fully saturated rings. The van der Waals surface area contributed by atoms with Gasteiger partial charge < -0.3 is 21.1 Å². The first-order valence-electron chi connectivity index (χ1n) is 13.3. The summed E-state index contributed by atoms with van der Waals surface area (Å²) in [7, 11) is 0. The minimum absolute atomic E-state index is 0.122. The maximum atomic E-state index is 14.6. The number of aliphatic carboxylic acids is 1. The highest BCUT2D eigenvalue weighted by molar-refractivity contribution is 5.91. The monoisotopic (exact) mass is 534 g/mol. The van der Waals surface area contributed by atoms with Crippen molar-refractivity contribution in [3.63, 3.8) is 0 Å². The first-order chi connectivity index (χ1) is 19.5. The van der Waals surface area contributed by atoms with E-state index < -0.39 is 17.9 Å². The van der Waals surface area contributed by atoms with Gasteiger partial charge in [-0.25, -0.2) is 4.79 Å². The maximum Gasteiger partial charge on any atom is 0.326 e. The van der Waals surface area contributed by atoms with Crippen LogP contribution < -0.4 is 11.1 Å². The van der Waals surface area contributed by atoms with Crippen molar-refractivity contribution in [1.82, 2.24) is 10.2 Å². The molecule has 0 saturated carbocycles. The molecule has 0 radical (unpaired) electrons. The zero-order valence-corrected chi connectivity index (χ0v) is 22.2. The molecule has 4 aromatic rings. The molecule has 5 N–H and O–H groups in total. The van der Waals surface area contributed by atoms with E-state index in [0.717, 1.165) is 27.8 Å². The number of hydrogen-bond donors (Lipinski definition) is 4. The van der Waals surface area contributed by atoms with Crippen LogP contribution in [0.2, 0.25) is 0 Å². The minimum Gasteiger partial charge on any atom is -0.480 e. The van der Waals surface area contributed by atoms with Gasteiger partial charge in [0.1, 0.15) is 6.04 Å². The Bertz CT molecular complexity index is 1370. The van der Waals surface area contributed by atoms with Crippen molar-refractivity contribution < 1.29 is 14.7 Å². The second-order valence-electron chi connectivity index (χ2n) is 9.58. The summed E-state index contributed by atoms with van der Waals surface area (Å²) in [6, 6.07) is 35.5. The number of carboxylic acid groups (broad SMARTS) is 1. The number of benzene rings is 4. The van der Waals surface area contributed by atoms with Gasteiger partial charge in [-0.15, -0.1) is 0 Å². The molecule has 1 unspecified atom stereocenters. The third-order valence-corrected chi connectivity index (χ3v) is 6.87. The molecular weight excluding hydrogens is 500 g/mol. The van der Waals surface area contributed by atoms with Crippen LogP contribution in [0, 0.1) is 5.41 Å². The van der Waals surface area contributed by atoms with E-state index in [9.17, 15) is 14.7 Å². The predicted octanol–water partition coefficient (Wildman–Crippen LogP) is 5.23. The standard InChI is InChI=1S/C33H34N4O3/c34-33(35)36-22-12-21-29(32(39)40)37(23-27-19-10-11-20-28(27)24-13-4-1-5-14-24)31(38)30(25-15-6-2-7-16-25)26-17-8-3-9-18-26/h1-11,13-20,29-30H,12,21-23H2,(H,39,40)(H4,34,35,36). The van der Waals surface area contributed by atoms with Crippen molar-refractivity contribution in [1.29, 1.82) is 5.41 Å². The summed E-state index contributed by atoms with van der Waals surface area (Å²) >= 11 is 0. The lowest BCUT2D eigenvalue weighted by Gasteiger charge is -2.33. The highest BCUT2D eigenvalue weighted by atomic mass is 16.4. The van der Waals surface area contributed by atoms with E-state index in [2.05, 4.69) is 5.32 Å². The lowest BCUT2D eigenvalue weighted by atomic mass is 9.88. The Hall–Kier alpha value is -4.91. The molecule has 0 heterocycles. The van der Waals surface area contributed by atoms with Gasteiger partial charge >= 0.3 is 5.97 Å².